The molecule has 5 heterocycles. The molecular weight excluding hydrogens is 691 g/mol. The van der Waals surface area contributed by atoms with Gasteiger partial charge in [-0.15, -0.1) is 65.4 Å². The molecule has 0 saturated carbocycles. The average Bonchev–Trinajstić information content (AvgIpc) is 3.55. The van der Waals surface area contributed by atoms with Crippen molar-refractivity contribution in [2.75, 3.05) is 0 Å². The zero-order valence-corrected chi connectivity index (χ0v) is 25.1. The van der Waals surface area contributed by atoms with E-state index in [9.17, 15) is 0 Å². The molecule has 0 aliphatic heterocycles. The predicted molar refractivity (Wildman–Crippen MR) is 159 cm³/mol. The van der Waals surface area contributed by atoms with Gasteiger partial charge in [0.15, 0.2) is 0 Å². The van der Waals surface area contributed by atoms with E-state index in [-0.39, 0.29) is 20.1 Å². The van der Waals surface area contributed by atoms with Crippen molar-refractivity contribution in [2.45, 2.75) is 32.6 Å². The fraction of sp³-hybridized carbons (Fsp3) is 0.147. The van der Waals surface area contributed by atoms with E-state index in [1.165, 1.54) is 41.3 Å². The van der Waals surface area contributed by atoms with Crippen LogP contribution in [0, 0.1) is 19.1 Å². The molecule has 2 aromatic carbocycles. The molecule has 0 N–H and O–H groups in total. The molecule has 199 valence electrons. The van der Waals surface area contributed by atoms with Gasteiger partial charge < -0.3 is 14.4 Å². The summed E-state index contributed by atoms with van der Waals surface area (Å²) in [6.45, 7) is 1.98. The first-order chi connectivity index (χ1) is 19.2. The number of thiophene rings is 1. The Hall–Kier alpha value is -3.70. The molecule has 1 aliphatic carbocycles. The van der Waals surface area contributed by atoms with E-state index in [0.29, 0.717) is 5.71 Å². The Balaban J connectivity index is 0.000000188. The van der Waals surface area contributed by atoms with E-state index >= 15 is 0 Å². The molecule has 0 unspecified atom stereocenters. The zero-order valence-electron chi connectivity index (χ0n) is 21.9. The molecule has 8 rings (SSSR count). The van der Waals surface area contributed by atoms with Gasteiger partial charge in [0.05, 0.1) is 5.58 Å². The summed E-state index contributed by atoms with van der Waals surface area (Å²) in [6.07, 6.45) is 8.82. The summed E-state index contributed by atoms with van der Waals surface area (Å²) < 4.78 is 7.45. The molecule has 6 heteroatoms. The van der Waals surface area contributed by atoms with Gasteiger partial charge in [0.1, 0.15) is 0 Å². The Morgan fingerprint density at radius 1 is 0.825 bits per heavy atom. The monoisotopic (exact) mass is 716 g/mol. The largest absolute Gasteiger partial charge is 0.486 e. The summed E-state index contributed by atoms with van der Waals surface area (Å²) in [5.41, 5.74) is 7.81. The number of aryl methyl sites for hydroxylation is 3. The quantitative estimate of drug-likeness (QED) is 0.168. The van der Waals surface area contributed by atoms with Crippen LogP contribution in [0.15, 0.2) is 89.6 Å². The first-order valence-electron chi connectivity index (χ1n) is 13.2. The van der Waals surface area contributed by atoms with Crippen LogP contribution in [-0.2, 0) is 32.9 Å². The standard InChI is InChI=1S/C23H17N2OS.C11H8N.Ir/c1-13-9-10-16-15-6-4-7-17(22(15)26-23(16)25-13)19-11-21-18(12-24-19)14-5-2-3-8-20(14)27-21;1-2-6-10(7-3-1)11-8-4-5-9-12-11;/h4,6,9-12H,2-3,5,8H2,1H3;1-6,8-9H;/q2*-1;. The molecule has 7 aromatic rings. The smallest absolute Gasteiger partial charge is 0.216 e. The van der Waals surface area contributed by atoms with Gasteiger partial charge in [-0.1, -0.05) is 29.1 Å². The molecule has 0 bridgehead atoms. The third kappa shape index (κ3) is 4.99. The molecular formula is C34H25IrN3OS-2. The van der Waals surface area contributed by atoms with E-state index in [1.54, 1.807) is 11.1 Å². The van der Waals surface area contributed by atoms with Crippen molar-refractivity contribution < 1.29 is 24.5 Å². The number of nitrogens with zero attached hydrogens (tertiary/aromatic N) is 3. The summed E-state index contributed by atoms with van der Waals surface area (Å²) in [6, 6.07) is 30.5. The maximum Gasteiger partial charge on any atom is 0.216 e. The van der Waals surface area contributed by atoms with E-state index in [1.807, 2.05) is 85.1 Å². The third-order valence-corrected chi connectivity index (χ3v) is 8.44. The number of pyridine rings is 3. The van der Waals surface area contributed by atoms with Gasteiger partial charge in [-0.25, -0.2) is 4.98 Å². The number of hydrogen-bond donors (Lipinski definition) is 0. The van der Waals surface area contributed by atoms with Crippen LogP contribution in [-0.4, -0.2) is 15.0 Å². The Morgan fingerprint density at radius 2 is 1.73 bits per heavy atom. The third-order valence-electron chi connectivity index (χ3n) is 7.19. The summed E-state index contributed by atoms with van der Waals surface area (Å²) in [5, 5.41) is 3.43. The van der Waals surface area contributed by atoms with Crippen LogP contribution in [0.3, 0.4) is 0 Å². The number of hydrogen-bond acceptors (Lipinski definition) is 5. The second kappa shape index (κ2) is 11.4. The number of furan rings is 1. The number of rotatable bonds is 2. The van der Waals surface area contributed by atoms with E-state index in [2.05, 4.69) is 34.2 Å². The first kappa shape index (κ1) is 26.5. The van der Waals surface area contributed by atoms with Crippen molar-refractivity contribution in [1.29, 1.82) is 0 Å². The van der Waals surface area contributed by atoms with Gasteiger partial charge in [0, 0.05) is 58.5 Å². The van der Waals surface area contributed by atoms with Gasteiger partial charge in [-0.05, 0) is 67.8 Å². The maximum absolute atomic E-state index is 6.13. The Kier molecular flexibility index (Phi) is 7.57. The van der Waals surface area contributed by atoms with Gasteiger partial charge in [0.2, 0.25) is 5.71 Å². The predicted octanol–water partition coefficient (Wildman–Crippen LogP) is 8.79. The SMILES string of the molecule is Cc1ccc2c(n1)oc1c(-c3cc4sc5c(c4cn3)CCCC5)[c-]ccc12.[Ir].[c-]1ccccc1-c1ccccn1. The summed E-state index contributed by atoms with van der Waals surface area (Å²) in [7, 11) is 0. The molecule has 0 fully saturated rings. The summed E-state index contributed by atoms with van der Waals surface area (Å²) >= 11 is 1.92. The molecule has 5 aromatic heterocycles. The molecule has 1 radical (unpaired) electrons. The van der Waals surface area contributed by atoms with Crippen molar-refractivity contribution in [2.24, 2.45) is 0 Å². The summed E-state index contributed by atoms with van der Waals surface area (Å²) in [4.78, 5) is 15.1. The van der Waals surface area contributed by atoms with Gasteiger partial charge in [-0.3, -0.25) is 0 Å². The molecule has 0 spiro atoms. The topological polar surface area (TPSA) is 51.8 Å². The fourth-order valence-electron chi connectivity index (χ4n) is 5.27. The summed E-state index contributed by atoms with van der Waals surface area (Å²) in [5.74, 6) is 0. The van der Waals surface area contributed by atoms with Crippen LogP contribution in [0.25, 0.3) is 54.7 Å². The first-order valence-corrected chi connectivity index (χ1v) is 14.1. The van der Waals surface area contributed by atoms with Gasteiger partial charge in [0.25, 0.3) is 0 Å². The van der Waals surface area contributed by atoms with Crippen LogP contribution >= 0.6 is 11.3 Å². The van der Waals surface area contributed by atoms with Crippen LogP contribution in [0.5, 0.6) is 0 Å². The van der Waals surface area contributed by atoms with Crippen LogP contribution in [0.4, 0.5) is 0 Å². The Bertz CT molecular complexity index is 1890. The van der Waals surface area contributed by atoms with E-state index in [0.717, 1.165) is 44.6 Å². The van der Waals surface area contributed by atoms with Crippen LogP contribution < -0.4 is 0 Å². The van der Waals surface area contributed by atoms with Crippen molar-refractivity contribution in [3.63, 3.8) is 0 Å². The number of benzene rings is 2. The number of aromatic nitrogens is 3. The van der Waals surface area contributed by atoms with E-state index < -0.39 is 0 Å². The minimum absolute atomic E-state index is 0. The molecule has 0 amide bonds. The zero-order chi connectivity index (χ0) is 26.2. The fourth-order valence-corrected chi connectivity index (χ4v) is 6.58. The van der Waals surface area contributed by atoms with Gasteiger partial charge in [-0.2, -0.15) is 0 Å². The normalized spacial score (nSPS) is 12.5. The van der Waals surface area contributed by atoms with Crippen molar-refractivity contribution in [3.8, 4) is 22.5 Å². The Labute approximate surface area is 250 Å². The van der Waals surface area contributed by atoms with Gasteiger partial charge >= 0.3 is 0 Å². The average molecular weight is 716 g/mol. The molecule has 40 heavy (non-hydrogen) atoms. The second-order valence-corrected chi connectivity index (χ2v) is 10.9. The molecule has 1 aliphatic rings. The van der Waals surface area contributed by atoms with Crippen LogP contribution in [0.2, 0.25) is 0 Å². The van der Waals surface area contributed by atoms with Crippen molar-refractivity contribution in [1.82, 2.24) is 15.0 Å². The molecule has 0 saturated heterocycles. The maximum atomic E-state index is 6.13. The minimum atomic E-state index is 0. The van der Waals surface area contributed by atoms with E-state index in [4.69, 9.17) is 9.40 Å². The van der Waals surface area contributed by atoms with Crippen LogP contribution in [0.1, 0.15) is 29.0 Å². The molecule has 4 nitrogen and oxygen atoms in total. The van der Waals surface area contributed by atoms with Crippen molar-refractivity contribution in [3.05, 3.63) is 113 Å². The number of fused-ring (bicyclic) bond motifs is 6. The minimum Gasteiger partial charge on any atom is -0.486 e. The van der Waals surface area contributed by atoms with Crippen molar-refractivity contribution >= 4 is 43.5 Å². The second-order valence-electron chi connectivity index (χ2n) is 9.77. The Morgan fingerprint density at radius 3 is 2.58 bits per heavy atom. The molecule has 0 atom stereocenters.